The summed E-state index contributed by atoms with van der Waals surface area (Å²) in [6.07, 6.45) is 15.4. The zero-order valence-electron chi connectivity index (χ0n) is 18.2. The van der Waals surface area contributed by atoms with Gasteiger partial charge in [0.15, 0.2) is 0 Å². The molecule has 0 aromatic rings. The molecule has 0 fully saturated rings. The number of amides is 2. The first-order valence-corrected chi connectivity index (χ1v) is 11.0. The van der Waals surface area contributed by atoms with Crippen LogP contribution in [0.25, 0.3) is 0 Å². The van der Waals surface area contributed by atoms with Crippen molar-refractivity contribution < 1.29 is 14.7 Å². The summed E-state index contributed by atoms with van der Waals surface area (Å²) in [7, 11) is 0. The Balaban J connectivity index is 3.60. The Labute approximate surface area is 167 Å². The van der Waals surface area contributed by atoms with Gasteiger partial charge in [-0.25, -0.2) is 0 Å². The lowest BCUT2D eigenvalue weighted by molar-refractivity contribution is -0.134. The molecule has 5 heteroatoms. The Bertz CT molecular complexity index is 392. The van der Waals surface area contributed by atoms with E-state index in [1.807, 2.05) is 0 Å². The van der Waals surface area contributed by atoms with Gasteiger partial charge in [-0.05, 0) is 6.42 Å². The Morgan fingerprint density at radius 3 is 1.67 bits per heavy atom. The molecule has 0 rings (SSSR count). The minimum Gasteiger partial charge on any atom is -0.394 e. The molecule has 0 heterocycles. The normalized spacial score (nSPS) is 12.6. The van der Waals surface area contributed by atoms with Gasteiger partial charge in [-0.3, -0.25) is 9.59 Å². The number of aliphatic hydroxyl groups is 1. The van der Waals surface area contributed by atoms with Gasteiger partial charge in [-0.15, -0.1) is 0 Å². The van der Waals surface area contributed by atoms with E-state index in [1.165, 1.54) is 64.2 Å². The maximum Gasteiger partial charge on any atom is 0.244 e. The largest absolute Gasteiger partial charge is 0.394 e. The van der Waals surface area contributed by atoms with Crippen LogP contribution in [0.4, 0.5) is 0 Å². The van der Waals surface area contributed by atoms with E-state index >= 15 is 0 Å². The predicted molar refractivity (Wildman–Crippen MR) is 113 cm³/mol. The fraction of sp³-hybridized carbons (Fsp3) is 0.909. The summed E-state index contributed by atoms with van der Waals surface area (Å²) in [6.45, 7) is 7.80. The second-order valence-corrected chi connectivity index (χ2v) is 8.64. The van der Waals surface area contributed by atoms with Gasteiger partial charge in [0.25, 0.3) is 0 Å². The third-order valence-electron chi connectivity index (χ3n) is 4.82. The van der Waals surface area contributed by atoms with Gasteiger partial charge in [0, 0.05) is 12.0 Å². The molecule has 1 atom stereocenters. The van der Waals surface area contributed by atoms with Crippen LogP contribution in [0.15, 0.2) is 0 Å². The van der Waals surface area contributed by atoms with Crippen LogP contribution >= 0.6 is 0 Å². The molecule has 0 saturated carbocycles. The summed E-state index contributed by atoms with van der Waals surface area (Å²) in [6, 6.07) is -0.867. The van der Waals surface area contributed by atoms with Crippen LogP contribution < -0.4 is 10.6 Å². The zero-order valence-corrected chi connectivity index (χ0v) is 18.2. The fourth-order valence-corrected chi connectivity index (χ4v) is 2.87. The molecule has 0 aliphatic rings. The molecule has 3 N–H and O–H groups in total. The highest BCUT2D eigenvalue weighted by Crippen LogP contribution is 2.13. The SMILES string of the molecule is CCCCCCCCCCCCCCNC(=O)[C@H](CO)NC(=O)C(C)(C)C. The fourth-order valence-electron chi connectivity index (χ4n) is 2.87. The van der Waals surface area contributed by atoms with Gasteiger partial charge >= 0.3 is 0 Å². The van der Waals surface area contributed by atoms with E-state index in [4.69, 9.17) is 0 Å². The molecule has 0 aliphatic carbocycles. The Morgan fingerprint density at radius 1 is 0.815 bits per heavy atom. The van der Waals surface area contributed by atoms with Gasteiger partial charge < -0.3 is 15.7 Å². The van der Waals surface area contributed by atoms with Gasteiger partial charge in [0.05, 0.1) is 6.61 Å². The van der Waals surface area contributed by atoms with Gasteiger partial charge in [0.1, 0.15) is 6.04 Å². The molecule has 2 amide bonds. The molecule has 0 bridgehead atoms. The van der Waals surface area contributed by atoms with Gasteiger partial charge in [-0.2, -0.15) is 0 Å². The average molecular weight is 385 g/mol. The zero-order chi connectivity index (χ0) is 20.5. The third-order valence-corrected chi connectivity index (χ3v) is 4.82. The van der Waals surface area contributed by atoms with Crippen LogP contribution in [0.5, 0.6) is 0 Å². The number of hydrogen-bond acceptors (Lipinski definition) is 3. The number of carbonyl (C=O) groups is 2. The molecule has 5 nitrogen and oxygen atoms in total. The predicted octanol–water partition coefficient (Wildman–Crippen LogP) is 4.33. The highest BCUT2D eigenvalue weighted by Gasteiger charge is 2.26. The van der Waals surface area contributed by atoms with Crippen molar-refractivity contribution in [3.8, 4) is 0 Å². The molecule has 0 aliphatic heterocycles. The monoisotopic (exact) mass is 384 g/mol. The van der Waals surface area contributed by atoms with Crippen LogP contribution in [0.1, 0.15) is 105 Å². The van der Waals surface area contributed by atoms with E-state index in [-0.39, 0.29) is 18.4 Å². The molecular weight excluding hydrogens is 340 g/mol. The lowest BCUT2D eigenvalue weighted by Crippen LogP contribution is -2.51. The maximum absolute atomic E-state index is 12.1. The van der Waals surface area contributed by atoms with Crippen molar-refractivity contribution in [3.05, 3.63) is 0 Å². The minimum absolute atomic E-state index is 0.234. The van der Waals surface area contributed by atoms with Crippen LogP contribution in [0, 0.1) is 5.41 Å². The number of unbranched alkanes of at least 4 members (excludes halogenated alkanes) is 11. The summed E-state index contributed by atoms with van der Waals surface area (Å²) in [4.78, 5) is 24.0. The van der Waals surface area contributed by atoms with E-state index < -0.39 is 11.5 Å². The van der Waals surface area contributed by atoms with Crippen molar-refractivity contribution >= 4 is 11.8 Å². The Kier molecular flexibility index (Phi) is 15.3. The first kappa shape index (κ1) is 25.9. The van der Waals surface area contributed by atoms with Crippen molar-refractivity contribution in [1.29, 1.82) is 0 Å². The Hall–Kier alpha value is -1.10. The van der Waals surface area contributed by atoms with Crippen molar-refractivity contribution in [2.45, 2.75) is 111 Å². The highest BCUT2D eigenvalue weighted by molar-refractivity contribution is 5.89. The number of nitrogens with one attached hydrogen (secondary N) is 2. The first-order chi connectivity index (χ1) is 12.8. The van der Waals surface area contributed by atoms with Crippen LogP contribution in [-0.4, -0.2) is 36.1 Å². The number of rotatable bonds is 16. The molecule has 160 valence electrons. The second-order valence-electron chi connectivity index (χ2n) is 8.64. The molecule has 0 unspecified atom stereocenters. The van der Waals surface area contributed by atoms with Crippen LogP contribution in [-0.2, 0) is 9.59 Å². The van der Waals surface area contributed by atoms with E-state index in [9.17, 15) is 14.7 Å². The first-order valence-electron chi connectivity index (χ1n) is 11.0. The smallest absolute Gasteiger partial charge is 0.244 e. The van der Waals surface area contributed by atoms with Gasteiger partial charge in [-0.1, -0.05) is 98.3 Å². The van der Waals surface area contributed by atoms with Crippen LogP contribution in [0.2, 0.25) is 0 Å². The lowest BCUT2D eigenvalue weighted by atomic mass is 9.95. The minimum atomic E-state index is -0.867. The average Bonchev–Trinajstić information content (AvgIpc) is 2.62. The molecule has 0 spiro atoms. The summed E-state index contributed by atoms with van der Waals surface area (Å²) < 4.78 is 0. The number of carbonyl (C=O) groups excluding carboxylic acids is 2. The summed E-state index contributed by atoms with van der Waals surface area (Å²) in [5.41, 5.74) is -0.580. The second kappa shape index (κ2) is 15.9. The van der Waals surface area contributed by atoms with E-state index in [0.717, 1.165) is 12.8 Å². The van der Waals surface area contributed by atoms with Crippen molar-refractivity contribution in [2.75, 3.05) is 13.2 Å². The molecule has 0 saturated heterocycles. The summed E-state index contributed by atoms with van der Waals surface area (Å²) in [5, 5.41) is 14.8. The van der Waals surface area contributed by atoms with E-state index in [2.05, 4.69) is 17.6 Å². The topological polar surface area (TPSA) is 78.4 Å². The van der Waals surface area contributed by atoms with Crippen molar-refractivity contribution in [3.63, 3.8) is 0 Å². The Morgan fingerprint density at radius 2 is 1.26 bits per heavy atom. The molecule has 0 aromatic carbocycles. The van der Waals surface area contributed by atoms with Crippen molar-refractivity contribution in [1.82, 2.24) is 10.6 Å². The summed E-state index contributed by atoms with van der Waals surface area (Å²) in [5.74, 6) is -0.541. The van der Waals surface area contributed by atoms with E-state index in [1.54, 1.807) is 20.8 Å². The van der Waals surface area contributed by atoms with Crippen molar-refractivity contribution in [2.24, 2.45) is 5.41 Å². The van der Waals surface area contributed by atoms with Gasteiger partial charge in [0.2, 0.25) is 11.8 Å². The highest BCUT2D eigenvalue weighted by atomic mass is 16.3. The quantitative estimate of drug-likeness (QED) is 0.347. The van der Waals surface area contributed by atoms with E-state index in [0.29, 0.717) is 6.54 Å². The molecular formula is C22H44N2O3. The number of aliphatic hydroxyl groups excluding tert-OH is 1. The van der Waals surface area contributed by atoms with Crippen LogP contribution in [0.3, 0.4) is 0 Å². The summed E-state index contributed by atoms with van der Waals surface area (Å²) >= 11 is 0. The molecule has 0 aromatic heterocycles. The molecule has 27 heavy (non-hydrogen) atoms. The molecule has 0 radical (unpaired) electrons. The maximum atomic E-state index is 12.1. The third kappa shape index (κ3) is 14.6. The lowest BCUT2D eigenvalue weighted by Gasteiger charge is -2.22. The standard InChI is InChI=1S/C22H44N2O3/c1-5-6-7-8-9-10-11-12-13-14-15-16-17-23-20(26)19(18-25)24-21(27)22(2,3)4/h19,25H,5-18H2,1-4H3,(H,23,26)(H,24,27)/t19-/m0/s1. The number of hydrogen-bond donors (Lipinski definition) is 3.